The highest BCUT2D eigenvalue weighted by atomic mass is 32.2. The summed E-state index contributed by atoms with van der Waals surface area (Å²) in [6.07, 6.45) is 3.37. The van der Waals surface area contributed by atoms with Gasteiger partial charge in [-0.3, -0.25) is 9.78 Å². The van der Waals surface area contributed by atoms with Gasteiger partial charge in [-0.05, 0) is 29.3 Å². The first kappa shape index (κ1) is 16.1. The molecule has 0 bridgehead atoms. The van der Waals surface area contributed by atoms with Crippen LogP contribution in [0, 0.1) is 0 Å². The summed E-state index contributed by atoms with van der Waals surface area (Å²) in [5, 5.41) is 0. The molecule has 0 saturated carbocycles. The van der Waals surface area contributed by atoms with Crippen molar-refractivity contribution < 1.29 is 17.9 Å². The predicted octanol–water partition coefficient (Wildman–Crippen LogP) is 1.54. The first-order chi connectivity index (χ1) is 10.4. The molecule has 1 aromatic carbocycles. The predicted molar refractivity (Wildman–Crippen MR) is 81.5 cm³/mol. The molecule has 0 atom stereocenters. The first-order valence-corrected chi connectivity index (χ1v) is 7.93. The molecule has 2 rings (SSSR count). The van der Waals surface area contributed by atoms with E-state index in [2.05, 4.69) is 9.72 Å². The fraction of sp³-hybridized carbons (Fsp3) is 0.200. The Hall–Kier alpha value is -2.25. The van der Waals surface area contributed by atoms with Crippen molar-refractivity contribution in [2.24, 2.45) is 0 Å². The van der Waals surface area contributed by atoms with E-state index >= 15 is 0 Å². The second-order valence-corrected chi connectivity index (χ2v) is 6.65. The van der Waals surface area contributed by atoms with Gasteiger partial charge >= 0.3 is 5.97 Å². The molecule has 0 unspecified atom stereocenters. The number of ether oxygens (including phenoxy) is 1. The van der Waals surface area contributed by atoms with Crippen LogP contribution in [0.15, 0.2) is 53.7 Å². The summed E-state index contributed by atoms with van der Waals surface area (Å²) >= 11 is 0. The van der Waals surface area contributed by atoms with Gasteiger partial charge in [-0.2, -0.15) is 4.31 Å². The molecule has 7 heteroatoms. The highest BCUT2D eigenvalue weighted by Crippen LogP contribution is 2.21. The highest BCUT2D eigenvalue weighted by molar-refractivity contribution is 7.89. The monoisotopic (exact) mass is 320 g/mol. The third-order valence-corrected chi connectivity index (χ3v) is 4.95. The smallest absolute Gasteiger partial charge is 0.321 e. The maximum atomic E-state index is 12.3. The van der Waals surface area contributed by atoms with Crippen LogP contribution in [0.5, 0.6) is 0 Å². The molecule has 0 fully saturated rings. The van der Waals surface area contributed by atoms with Crippen molar-refractivity contribution in [1.29, 1.82) is 0 Å². The lowest BCUT2D eigenvalue weighted by atomic mass is 10.1. The number of aromatic nitrogens is 1. The van der Waals surface area contributed by atoms with Crippen LogP contribution in [0.2, 0.25) is 0 Å². The van der Waals surface area contributed by atoms with Crippen LogP contribution >= 0.6 is 0 Å². The Kier molecular flexibility index (Phi) is 4.89. The first-order valence-electron chi connectivity index (χ1n) is 6.49. The Morgan fingerprint density at radius 3 is 2.41 bits per heavy atom. The van der Waals surface area contributed by atoms with Gasteiger partial charge in [-0.15, -0.1) is 0 Å². The molecule has 0 aliphatic rings. The van der Waals surface area contributed by atoms with Crippen molar-refractivity contribution in [2.45, 2.75) is 4.90 Å². The van der Waals surface area contributed by atoms with Gasteiger partial charge in [-0.25, -0.2) is 8.42 Å². The molecule has 0 aliphatic carbocycles. The van der Waals surface area contributed by atoms with Crippen LogP contribution in [0.1, 0.15) is 0 Å². The Morgan fingerprint density at radius 1 is 1.18 bits per heavy atom. The molecule has 0 aliphatic heterocycles. The van der Waals surface area contributed by atoms with E-state index in [0.29, 0.717) is 0 Å². The zero-order valence-electron chi connectivity index (χ0n) is 12.3. The average Bonchev–Trinajstić information content (AvgIpc) is 2.55. The van der Waals surface area contributed by atoms with E-state index in [4.69, 9.17) is 0 Å². The Labute approximate surface area is 129 Å². The zero-order valence-corrected chi connectivity index (χ0v) is 13.1. The molecule has 22 heavy (non-hydrogen) atoms. The molecule has 1 aromatic heterocycles. The maximum Gasteiger partial charge on any atom is 0.321 e. The fourth-order valence-electron chi connectivity index (χ4n) is 1.86. The van der Waals surface area contributed by atoms with E-state index in [-0.39, 0.29) is 11.4 Å². The van der Waals surface area contributed by atoms with Crippen LogP contribution in [0.25, 0.3) is 11.1 Å². The number of nitrogens with zero attached hydrogens (tertiary/aromatic N) is 2. The van der Waals surface area contributed by atoms with E-state index in [1.54, 1.807) is 24.5 Å². The highest BCUT2D eigenvalue weighted by Gasteiger charge is 2.23. The molecule has 116 valence electrons. The minimum Gasteiger partial charge on any atom is -0.468 e. The van der Waals surface area contributed by atoms with Crippen molar-refractivity contribution >= 4 is 16.0 Å². The summed E-state index contributed by atoms with van der Waals surface area (Å²) in [7, 11) is -1.18. The third-order valence-electron chi connectivity index (χ3n) is 3.14. The number of likely N-dealkylation sites (N-methyl/N-ethyl adjacent to an activating group) is 1. The Balaban J connectivity index is 2.24. The number of methoxy groups -OCH3 is 1. The number of pyridine rings is 1. The van der Waals surface area contributed by atoms with Crippen molar-refractivity contribution in [3.05, 3.63) is 48.8 Å². The van der Waals surface area contributed by atoms with Crippen LogP contribution in [0.3, 0.4) is 0 Å². The third kappa shape index (κ3) is 3.49. The van der Waals surface area contributed by atoms with Gasteiger partial charge in [0.25, 0.3) is 0 Å². The second kappa shape index (κ2) is 6.67. The number of carbonyl (C=O) groups excluding carboxylic acids is 1. The zero-order chi connectivity index (χ0) is 16.2. The molecular formula is C15H16N2O4S. The number of benzene rings is 1. The number of hydrogen-bond donors (Lipinski definition) is 0. The summed E-state index contributed by atoms with van der Waals surface area (Å²) < 4.78 is 30.1. The van der Waals surface area contributed by atoms with Crippen LogP contribution in [-0.2, 0) is 19.6 Å². The molecule has 0 amide bonds. The van der Waals surface area contributed by atoms with E-state index in [1.165, 1.54) is 26.3 Å². The summed E-state index contributed by atoms with van der Waals surface area (Å²) in [4.78, 5) is 15.3. The van der Waals surface area contributed by atoms with Gasteiger partial charge in [0.15, 0.2) is 0 Å². The molecule has 0 N–H and O–H groups in total. The minimum absolute atomic E-state index is 0.117. The number of rotatable bonds is 5. The second-order valence-electron chi connectivity index (χ2n) is 4.60. The van der Waals surface area contributed by atoms with Gasteiger partial charge in [0.05, 0.1) is 12.0 Å². The van der Waals surface area contributed by atoms with E-state index in [9.17, 15) is 13.2 Å². The average molecular weight is 320 g/mol. The summed E-state index contributed by atoms with van der Waals surface area (Å²) in [5.41, 5.74) is 1.76. The van der Waals surface area contributed by atoms with Crippen LogP contribution in [0.4, 0.5) is 0 Å². The van der Waals surface area contributed by atoms with Gasteiger partial charge < -0.3 is 4.74 Å². The summed E-state index contributed by atoms with van der Waals surface area (Å²) in [6, 6.07) is 10.1. The van der Waals surface area contributed by atoms with Gasteiger partial charge in [0, 0.05) is 19.4 Å². The minimum atomic E-state index is -3.73. The van der Waals surface area contributed by atoms with Crippen molar-refractivity contribution in [1.82, 2.24) is 9.29 Å². The molecule has 2 aromatic rings. The molecule has 0 spiro atoms. The number of carbonyl (C=O) groups is 1. The van der Waals surface area contributed by atoms with Crippen molar-refractivity contribution in [3.8, 4) is 11.1 Å². The molecule has 0 radical (unpaired) electrons. The van der Waals surface area contributed by atoms with Crippen molar-refractivity contribution in [2.75, 3.05) is 20.7 Å². The number of sulfonamides is 1. The Morgan fingerprint density at radius 2 is 1.86 bits per heavy atom. The lowest BCUT2D eigenvalue weighted by Gasteiger charge is -2.16. The van der Waals surface area contributed by atoms with Gasteiger partial charge in [-0.1, -0.05) is 18.2 Å². The maximum absolute atomic E-state index is 12.3. The largest absolute Gasteiger partial charge is 0.468 e. The number of hydrogen-bond acceptors (Lipinski definition) is 5. The van der Waals surface area contributed by atoms with E-state index in [0.717, 1.165) is 15.4 Å². The quantitative estimate of drug-likeness (QED) is 0.781. The van der Waals surface area contributed by atoms with Gasteiger partial charge in [0.1, 0.15) is 6.54 Å². The van der Waals surface area contributed by atoms with E-state index < -0.39 is 16.0 Å². The van der Waals surface area contributed by atoms with Gasteiger partial charge in [0.2, 0.25) is 10.0 Å². The summed E-state index contributed by atoms with van der Waals surface area (Å²) in [5.74, 6) is -0.613. The van der Waals surface area contributed by atoms with Crippen LogP contribution < -0.4 is 0 Å². The standard InChI is InChI=1S/C15H16N2O4S/c1-17(11-15(18)21-2)22(19,20)14-7-5-12(6-8-14)13-4-3-9-16-10-13/h3-10H,11H2,1-2H3. The lowest BCUT2D eigenvalue weighted by Crippen LogP contribution is -2.32. The normalized spacial score (nSPS) is 11.4. The topological polar surface area (TPSA) is 76.6 Å². The molecular weight excluding hydrogens is 304 g/mol. The SMILES string of the molecule is COC(=O)CN(C)S(=O)(=O)c1ccc(-c2cccnc2)cc1. The van der Waals surface area contributed by atoms with Crippen molar-refractivity contribution in [3.63, 3.8) is 0 Å². The lowest BCUT2D eigenvalue weighted by molar-refractivity contribution is -0.140. The number of esters is 1. The Bertz CT molecular complexity index is 743. The fourth-order valence-corrected chi connectivity index (χ4v) is 2.98. The molecule has 6 nitrogen and oxygen atoms in total. The van der Waals surface area contributed by atoms with E-state index in [1.807, 2.05) is 12.1 Å². The molecule has 0 saturated heterocycles. The van der Waals surface area contributed by atoms with Crippen LogP contribution in [-0.4, -0.2) is 44.4 Å². The summed E-state index contributed by atoms with van der Waals surface area (Å²) in [6.45, 7) is -0.330. The molecule has 1 heterocycles.